The lowest BCUT2D eigenvalue weighted by Gasteiger charge is -2.20. The molecule has 0 saturated carbocycles. The zero-order valence-corrected chi connectivity index (χ0v) is 11.3. The smallest absolute Gasteiger partial charge is 0.161 e. The van der Waals surface area contributed by atoms with Gasteiger partial charge in [-0.3, -0.25) is 0 Å². The van der Waals surface area contributed by atoms with E-state index in [2.05, 4.69) is 0 Å². The first-order valence-corrected chi connectivity index (χ1v) is 6.68. The quantitative estimate of drug-likeness (QED) is 0.940. The summed E-state index contributed by atoms with van der Waals surface area (Å²) in [7, 11) is 0. The fourth-order valence-corrected chi connectivity index (χ4v) is 2.10. The van der Waals surface area contributed by atoms with Crippen LogP contribution in [0.5, 0.6) is 17.2 Å². The molecule has 0 radical (unpaired) electrons. The van der Waals surface area contributed by atoms with Crippen molar-refractivity contribution >= 4 is 0 Å². The summed E-state index contributed by atoms with van der Waals surface area (Å²) in [6.45, 7) is 1.05. The average molecular weight is 290 g/mol. The number of aliphatic hydroxyl groups excluding tert-OH is 1. The van der Waals surface area contributed by atoms with Gasteiger partial charge in [-0.1, -0.05) is 12.1 Å². The summed E-state index contributed by atoms with van der Waals surface area (Å²) in [4.78, 5) is 0. The highest BCUT2D eigenvalue weighted by Gasteiger charge is 2.16. The minimum Gasteiger partial charge on any atom is -0.490 e. The lowest BCUT2D eigenvalue weighted by Crippen LogP contribution is -2.16. The van der Waals surface area contributed by atoms with Crippen molar-refractivity contribution in [2.75, 3.05) is 19.8 Å². The Morgan fingerprint density at radius 3 is 2.71 bits per heavy atom. The Morgan fingerprint density at radius 2 is 1.90 bits per heavy atom. The second-order valence-corrected chi connectivity index (χ2v) is 4.69. The molecule has 5 heteroatoms. The van der Waals surface area contributed by atoms with Crippen molar-refractivity contribution in [3.8, 4) is 17.2 Å². The maximum atomic E-state index is 13.0. The first kappa shape index (κ1) is 13.7. The van der Waals surface area contributed by atoms with E-state index in [9.17, 15) is 9.50 Å². The van der Waals surface area contributed by atoms with Crippen molar-refractivity contribution in [1.29, 1.82) is 0 Å². The second-order valence-electron chi connectivity index (χ2n) is 4.69. The van der Waals surface area contributed by atoms with Gasteiger partial charge in [-0.2, -0.15) is 0 Å². The molecule has 1 heterocycles. The van der Waals surface area contributed by atoms with Gasteiger partial charge in [0.25, 0.3) is 0 Å². The Balaban J connectivity index is 1.66. The molecule has 4 nitrogen and oxygen atoms in total. The van der Waals surface area contributed by atoms with E-state index in [-0.39, 0.29) is 12.4 Å². The highest BCUT2D eigenvalue weighted by Crippen LogP contribution is 2.32. The molecular formula is C16H15FO4. The first-order chi connectivity index (χ1) is 10.2. The second kappa shape index (κ2) is 6.01. The molecule has 1 N–H and O–H groups in total. The monoisotopic (exact) mass is 290 g/mol. The van der Waals surface area contributed by atoms with Crippen LogP contribution in [0, 0.1) is 5.82 Å². The van der Waals surface area contributed by atoms with E-state index in [4.69, 9.17) is 14.2 Å². The van der Waals surface area contributed by atoms with Crippen molar-refractivity contribution in [2.45, 2.75) is 6.10 Å². The lowest BCUT2D eigenvalue weighted by atomic mass is 10.1. The molecule has 2 aromatic carbocycles. The highest BCUT2D eigenvalue weighted by atomic mass is 19.1. The molecule has 0 spiro atoms. The van der Waals surface area contributed by atoms with Crippen LogP contribution in [0.2, 0.25) is 0 Å². The molecule has 2 aromatic rings. The van der Waals surface area contributed by atoms with Crippen LogP contribution in [-0.4, -0.2) is 24.9 Å². The molecule has 0 fully saturated rings. The topological polar surface area (TPSA) is 47.9 Å². The fourth-order valence-electron chi connectivity index (χ4n) is 2.10. The van der Waals surface area contributed by atoms with Crippen molar-refractivity contribution in [2.24, 2.45) is 0 Å². The minimum atomic E-state index is -0.830. The Bertz CT molecular complexity index is 629. The third-order valence-corrected chi connectivity index (χ3v) is 3.15. The van der Waals surface area contributed by atoms with Gasteiger partial charge in [0, 0.05) is 6.07 Å². The minimum absolute atomic E-state index is 0.0309. The molecule has 1 unspecified atom stereocenters. The van der Waals surface area contributed by atoms with Gasteiger partial charge in [0.15, 0.2) is 11.5 Å². The molecule has 0 amide bonds. The molecule has 1 atom stereocenters. The number of fused-ring (bicyclic) bond motifs is 1. The summed E-state index contributed by atoms with van der Waals surface area (Å²) >= 11 is 0. The van der Waals surface area contributed by atoms with Crippen molar-refractivity contribution in [3.63, 3.8) is 0 Å². The fraction of sp³-hybridized carbons (Fsp3) is 0.250. The van der Waals surface area contributed by atoms with E-state index in [1.54, 1.807) is 30.3 Å². The first-order valence-electron chi connectivity index (χ1n) is 6.68. The zero-order chi connectivity index (χ0) is 14.7. The van der Waals surface area contributed by atoms with Crippen LogP contribution in [0.1, 0.15) is 11.7 Å². The predicted molar refractivity (Wildman–Crippen MR) is 74.3 cm³/mol. The van der Waals surface area contributed by atoms with Crippen LogP contribution >= 0.6 is 0 Å². The molecule has 3 rings (SSSR count). The number of hydrogen-bond donors (Lipinski definition) is 1. The largest absolute Gasteiger partial charge is 0.490 e. The summed E-state index contributed by atoms with van der Waals surface area (Å²) < 4.78 is 29.3. The molecule has 21 heavy (non-hydrogen) atoms. The van der Waals surface area contributed by atoms with Gasteiger partial charge in [0.2, 0.25) is 0 Å². The van der Waals surface area contributed by atoms with Crippen molar-refractivity contribution in [1.82, 2.24) is 0 Å². The van der Waals surface area contributed by atoms with Gasteiger partial charge in [0.05, 0.1) is 0 Å². The van der Waals surface area contributed by atoms with Crippen LogP contribution in [0.3, 0.4) is 0 Å². The third kappa shape index (κ3) is 3.25. The summed E-state index contributed by atoms with van der Waals surface area (Å²) in [6.07, 6.45) is -0.830. The number of ether oxygens (including phenoxy) is 3. The summed E-state index contributed by atoms with van der Waals surface area (Å²) in [5.41, 5.74) is 0.663. The van der Waals surface area contributed by atoms with Gasteiger partial charge in [-0.25, -0.2) is 4.39 Å². The standard InChI is InChI=1S/C16H15FO4/c17-12-2-1-3-13(9-12)21-10-14(18)11-4-5-15-16(8-11)20-7-6-19-15/h1-5,8-9,14,18H,6-7,10H2. The molecule has 0 saturated heterocycles. The van der Waals surface area contributed by atoms with E-state index in [0.29, 0.717) is 36.0 Å². The molecule has 1 aliphatic rings. The SMILES string of the molecule is OC(COc1cccc(F)c1)c1ccc2c(c1)OCCO2. The van der Waals surface area contributed by atoms with Crippen LogP contribution < -0.4 is 14.2 Å². The van der Waals surface area contributed by atoms with Gasteiger partial charge in [-0.15, -0.1) is 0 Å². The highest BCUT2D eigenvalue weighted by molar-refractivity contribution is 5.44. The normalized spacial score (nSPS) is 14.6. The van der Waals surface area contributed by atoms with Gasteiger partial charge < -0.3 is 19.3 Å². The summed E-state index contributed by atoms with van der Waals surface area (Å²) in [5, 5.41) is 10.1. The number of rotatable bonds is 4. The summed E-state index contributed by atoms with van der Waals surface area (Å²) in [6, 6.07) is 11.1. The molecule has 1 aliphatic heterocycles. The summed E-state index contributed by atoms with van der Waals surface area (Å²) in [5.74, 6) is 1.29. The van der Waals surface area contributed by atoms with E-state index in [0.717, 1.165) is 0 Å². The Hall–Kier alpha value is -2.27. The molecule has 0 aromatic heterocycles. The molecule has 0 aliphatic carbocycles. The van der Waals surface area contributed by atoms with Gasteiger partial charge in [-0.05, 0) is 29.8 Å². The lowest BCUT2D eigenvalue weighted by molar-refractivity contribution is 0.107. The van der Waals surface area contributed by atoms with Crippen LogP contribution in [0.15, 0.2) is 42.5 Å². The van der Waals surface area contributed by atoms with E-state index in [1.807, 2.05) is 0 Å². The van der Waals surface area contributed by atoms with Crippen LogP contribution in [0.4, 0.5) is 4.39 Å². The van der Waals surface area contributed by atoms with Crippen molar-refractivity contribution in [3.05, 3.63) is 53.8 Å². The van der Waals surface area contributed by atoms with E-state index in [1.165, 1.54) is 12.1 Å². The Morgan fingerprint density at radius 1 is 1.10 bits per heavy atom. The van der Waals surface area contributed by atoms with E-state index >= 15 is 0 Å². The number of benzene rings is 2. The van der Waals surface area contributed by atoms with Gasteiger partial charge >= 0.3 is 0 Å². The predicted octanol–water partition coefficient (Wildman–Crippen LogP) is 2.71. The molecule has 110 valence electrons. The maximum absolute atomic E-state index is 13.0. The Kier molecular flexibility index (Phi) is 3.92. The number of halogens is 1. The zero-order valence-electron chi connectivity index (χ0n) is 11.3. The molecule has 0 bridgehead atoms. The average Bonchev–Trinajstić information content (AvgIpc) is 2.52. The van der Waals surface area contributed by atoms with Crippen LogP contribution in [0.25, 0.3) is 0 Å². The maximum Gasteiger partial charge on any atom is 0.161 e. The van der Waals surface area contributed by atoms with Crippen molar-refractivity contribution < 1.29 is 23.7 Å². The van der Waals surface area contributed by atoms with Gasteiger partial charge in [0.1, 0.15) is 37.5 Å². The number of hydrogen-bond acceptors (Lipinski definition) is 4. The van der Waals surface area contributed by atoms with E-state index < -0.39 is 6.10 Å². The van der Waals surface area contributed by atoms with Crippen LogP contribution in [-0.2, 0) is 0 Å². The third-order valence-electron chi connectivity index (χ3n) is 3.15. The Labute approximate surface area is 121 Å². The number of aliphatic hydroxyl groups is 1. The molecular weight excluding hydrogens is 275 g/mol.